The summed E-state index contributed by atoms with van der Waals surface area (Å²) in [5, 5.41) is 3.26. The van der Waals surface area contributed by atoms with E-state index >= 15 is 0 Å². The maximum atomic E-state index is 12.1. The van der Waals surface area contributed by atoms with Gasteiger partial charge in [-0.1, -0.05) is 48.5 Å². The number of aryl methyl sites for hydroxylation is 1. The molecule has 1 atom stereocenters. The highest BCUT2D eigenvalue weighted by molar-refractivity contribution is 5.80. The van der Waals surface area contributed by atoms with Gasteiger partial charge in [0.1, 0.15) is 12.6 Å². The zero-order valence-corrected chi connectivity index (χ0v) is 11.2. The van der Waals surface area contributed by atoms with Gasteiger partial charge in [-0.3, -0.25) is 0 Å². The minimum absolute atomic E-state index is 0.177. The molecule has 102 valence electrons. The summed E-state index contributed by atoms with van der Waals surface area (Å²) in [6.07, 6.45) is 1.69. The van der Waals surface area contributed by atoms with Gasteiger partial charge in [0.15, 0.2) is 0 Å². The third kappa shape index (κ3) is 2.82. The Kier molecular flexibility index (Phi) is 3.68. The number of anilines is 1. The number of ether oxygens (including phenoxy) is 1. The molecule has 1 heterocycles. The number of para-hydroxylation sites is 1. The molecule has 2 aromatic rings. The first-order chi connectivity index (χ1) is 9.83. The van der Waals surface area contributed by atoms with Crippen LogP contribution < -0.4 is 5.32 Å². The second kappa shape index (κ2) is 5.78. The minimum atomic E-state index is -0.242. The molecule has 0 bridgehead atoms. The average molecular weight is 267 g/mol. The lowest BCUT2D eigenvalue weighted by molar-refractivity contribution is -0.146. The first-order valence-corrected chi connectivity index (χ1v) is 6.88. The van der Waals surface area contributed by atoms with Crippen LogP contribution in [0.1, 0.15) is 17.5 Å². The topological polar surface area (TPSA) is 38.3 Å². The number of rotatable bonds is 3. The number of hydrogen-bond donors (Lipinski definition) is 1. The van der Waals surface area contributed by atoms with E-state index in [-0.39, 0.29) is 12.0 Å². The van der Waals surface area contributed by atoms with Crippen LogP contribution in [0, 0.1) is 0 Å². The van der Waals surface area contributed by atoms with E-state index in [0.717, 1.165) is 24.1 Å². The van der Waals surface area contributed by atoms with Gasteiger partial charge in [0, 0.05) is 5.69 Å². The van der Waals surface area contributed by atoms with E-state index in [9.17, 15) is 4.79 Å². The molecule has 1 unspecified atom stereocenters. The van der Waals surface area contributed by atoms with Crippen LogP contribution in [-0.2, 0) is 22.6 Å². The molecule has 3 rings (SSSR count). The van der Waals surface area contributed by atoms with Gasteiger partial charge in [-0.05, 0) is 30.0 Å². The number of nitrogens with one attached hydrogen (secondary N) is 1. The molecule has 3 heteroatoms. The summed E-state index contributed by atoms with van der Waals surface area (Å²) in [7, 11) is 0. The highest BCUT2D eigenvalue weighted by atomic mass is 16.5. The fourth-order valence-corrected chi connectivity index (χ4v) is 2.44. The van der Waals surface area contributed by atoms with Gasteiger partial charge in [0.2, 0.25) is 0 Å². The second-order valence-corrected chi connectivity index (χ2v) is 4.99. The van der Waals surface area contributed by atoms with Gasteiger partial charge in [-0.25, -0.2) is 4.79 Å². The Bertz CT molecular complexity index is 595. The van der Waals surface area contributed by atoms with Crippen LogP contribution in [0.15, 0.2) is 54.6 Å². The summed E-state index contributed by atoms with van der Waals surface area (Å²) in [4.78, 5) is 12.1. The maximum Gasteiger partial charge on any atom is 0.328 e. The van der Waals surface area contributed by atoms with Crippen LogP contribution in [-0.4, -0.2) is 12.0 Å². The van der Waals surface area contributed by atoms with Gasteiger partial charge in [0.05, 0.1) is 0 Å². The van der Waals surface area contributed by atoms with Crippen LogP contribution in [0.4, 0.5) is 5.69 Å². The molecule has 20 heavy (non-hydrogen) atoms. The van der Waals surface area contributed by atoms with Gasteiger partial charge in [-0.2, -0.15) is 0 Å². The minimum Gasteiger partial charge on any atom is -0.459 e. The Morgan fingerprint density at radius 1 is 1.10 bits per heavy atom. The highest BCUT2D eigenvalue weighted by Crippen LogP contribution is 2.24. The van der Waals surface area contributed by atoms with Crippen molar-refractivity contribution in [2.75, 3.05) is 5.32 Å². The molecule has 0 saturated heterocycles. The largest absolute Gasteiger partial charge is 0.459 e. The van der Waals surface area contributed by atoms with Gasteiger partial charge in [0.25, 0.3) is 0 Å². The zero-order chi connectivity index (χ0) is 13.8. The molecule has 0 aromatic heterocycles. The van der Waals surface area contributed by atoms with Gasteiger partial charge >= 0.3 is 5.97 Å². The summed E-state index contributed by atoms with van der Waals surface area (Å²) < 4.78 is 5.38. The molecule has 0 radical (unpaired) electrons. The van der Waals surface area contributed by atoms with E-state index in [1.807, 2.05) is 48.5 Å². The van der Waals surface area contributed by atoms with E-state index < -0.39 is 0 Å². The van der Waals surface area contributed by atoms with Crippen molar-refractivity contribution in [1.82, 2.24) is 0 Å². The Morgan fingerprint density at radius 2 is 1.85 bits per heavy atom. The molecule has 0 amide bonds. The van der Waals surface area contributed by atoms with Crippen LogP contribution >= 0.6 is 0 Å². The number of benzene rings is 2. The summed E-state index contributed by atoms with van der Waals surface area (Å²) in [6, 6.07) is 17.6. The Morgan fingerprint density at radius 3 is 2.70 bits per heavy atom. The third-order valence-electron chi connectivity index (χ3n) is 3.56. The Labute approximate surface area is 118 Å². The molecule has 1 aliphatic heterocycles. The predicted molar refractivity (Wildman–Crippen MR) is 78.4 cm³/mol. The second-order valence-electron chi connectivity index (χ2n) is 4.99. The molecular weight excluding hydrogens is 250 g/mol. The van der Waals surface area contributed by atoms with Gasteiger partial charge in [-0.15, -0.1) is 0 Å². The molecule has 1 aliphatic rings. The number of hydrogen-bond acceptors (Lipinski definition) is 3. The maximum absolute atomic E-state index is 12.1. The van der Waals surface area contributed by atoms with Crippen LogP contribution in [0.25, 0.3) is 0 Å². The van der Waals surface area contributed by atoms with E-state index in [4.69, 9.17) is 4.74 Å². The smallest absolute Gasteiger partial charge is 0.328 e. The Hall–Kier alpha value is -2.29. The van der Waals surface area contributed by atoms with Crippen molar-refractivity contribution >= 4 is 11.7 Å². The van der Waals surface area contributed by atoms with Crippen molar-refractivity contribution in [3.63, 3.8) is 0 Å². The standard InChI is InChI=1S/C17H17NO2/c19-17(20-12-13-6-2-1-3-7-13)16-11-10-14-8-4-5-9-15(14)18-16/h1-9,16,18H,10-12H2. The molecule has 0 fully saturated rings. The summed E-state index contributed by atoms with van der Waals surface area (Å²) >= 11 is 0. The third-order valence-corrected chi connectivity index (χ3v) is 3.56. The predicted octanol–water partition coefficient (Wildman–Crippen LogP) is 3.16. The van der Waals surface area contributed by atoms with Crippen molar-refractivity contribution in [1.29, 1.82) is 0 Å². The first-order valence-electron chi connectivity index (χ1n) is 6.88. The first kappa shape index (κ1) is 12.7. The fourth-order valence-electron chi connectivity index (χ4n) is 2.44. The van der Waals surface area contributed by atoms with E-state index in [2.05, 4.69) is 11.4 Å². The van der Waals surface area contributed by atoms with E-state index in [1.165, 1.54) is 5.56 Å². The van der Waals surface area contributed by atoms with Crippen molar-refractivity contribution in [2.45, 2.75) is 25.5 Å². The van der Waals surface area contributed by atoms with Crippen LogP contribution in [0.3, 0.4) is 0 Å². The molecule has 3 nitrogen and oxygen atoms in total. The van der Waals surface area contributed by atoms with Gasteiger partial charge < -0.3 is 10.1 Å². The average Bonchev–Trinajstić information content (AvgIpc) is 2.53. The van der Waals surface area contributed by atoms with E-state index in [1.54, 1.807) is 0 Å². The molecular formula is C17H17NO2. The van der Waals surface area contributed by atoms with Crippen molar-refractivity contribution in [3.05, 3.63) is 65.7 Å². The molecule has 0 spiro atoms. The van der Waals surface area contributed by atoms with E-state index in [0.29, 0.717) is 6.61 Å². The quantitative estimate of drug-likeness (QED) is 0.868. The molecule has 2 aromatic carbocycles. The lowest BCUT2D eigenvalue weighted by atomic mass is 9.98. The van der Waals surface area contributed by atoms with Crippen LogP contribution in [0.2, 0.25) is 0 Å². The lowest BCUT2D eigenvalue weighted by Gasteiger charge is -2.25. The summed E-state index contributed by atoms with van der Waals surface area (Å²) in [6.45, 7) is 0.333. The summed E-state index contributed by atoms with van der Waals surface area (Å²) in [5.74, 6) is -0.177. The monoisotopic (exact) mass is 267 g/mol. The SMILES string of the molecule is O=C(OCc1ccccc1)C1CCc2ccccc2N1. The van der Waals surface area contributed by atoms with Crippen LogP contribution in [0.5, 0.6) is 0 Å². The fraction of sp³-hybridized carbons (Fsp3) is 0.235. The number of carbonyl (C=O) groups is 1. The molecule has 1 N–H and O–H groups in total. The molecule has 0 aliphatic carbocycles. The van der Waals surface area contributed by atoms with Crippen molar-refractivity contribution in [3.8, 4) is 0 Å². The zero-order valence-electron chi connectivity index (χ0n) is 11.2. The number of carbonyl (C=O) groups excluding carboxylic acids is 1. The van der Waals surface area contributed by atoms with Crippen molar-refractivity contribution < 1.29 is 9.53 Å². The Balaban J connectivity index is 1.59. The number of fused-ring (bicyclic) bond motifs is 1. The normalized spacial score (nSPS) is 16.9. The summed E-state index contributed by atoms with van der Waals surface area (Å²) in [5.41, 5.74) is 3.32. The number of esters is 1. The lowest BCUT2D eigenvalue weighted by Crippen LogP contribution is -2.34. The van der Waals surface area contributed by atoms with Crippen molar-refractivity contribution in [2.24, 2.45) is 0 Å². The highest BCUT2D eigenvalue weighted by Gasteiger charge is 2.24. The molecule has 0 saturated carbocycles.